The first kappa shape index (κ1) is 19.8. The Hall–Kier alpha value is -1.26. The van der Waals surface area contributed by atoms with Gasteiger partial charge in [0.25, 0.3) is 0 Å². The molecule has 1 aromatic heterocycles. The molecule has 0 fully saturated rings. The van der Waals surface area contributed by atoms with Crippen LogP contribution in [0.15, 0.2) is 6.20 Å². The summed E-state index contributed by atoms with van der Waals surface area (Å²) in [6.07, 6.45) is 4.34. The molecule has 0 spiro atoms. The standard InChI is InChI=1S/C14H25N4O4P/c1-3-21-23(19,22-4-2)11-10-20-13-14-12-18(17-16-14)9-7-5-6-8-15/h12H,3-7,9-11,13H2,1-2H3. The van der Waals surface area contributed by atoms with Crippen LogP contribution in [-0.4, -0.2) is 41.0 Å². The topological polar surface area (TPSA) is 99.3 Å². The van der Waals surface area contributed by atoms with Crippen molar-refractivity contribution in [3.63, 3.8) is 0 Å². The highest BCUT2D eigenvalue weighted by molar-refractivity contribution is 7.53. The quantitative estimate of drug-likeness (QED) is 0.401. The third-order valence-corrected chi connectivity index (χ3v) is 4.96. The molecule has 130 valence electrons. The zero-order valence-corrected chi connectivity index (χ0v) is 14.7. The predicted octanol–water partition coefficient (Wildman–Crippen LogP) is 2.75. The lowest BCUT2D eigenvalue weighted by Crippen LogP contribution is -2.06. The number of ether oxygens (including phenoxy) is 1. The molecule has 0 N–H and O–H groups in total. The maximum Gasteiger partial charge on any atom is 0.332 e. The minimum Gasteiger partial charge on any atom is -0.374 e. The first-order valence-corrected chi connectivity index (χ1v) is 9.58. The first-order valence-electron chi connectivity index (χ1n) is 7.85. The number of rotatable bonds is 13. The molecule has 23 heavy (non-hydrogen) atoms. The van der Waals surface area contributed by atoms with Crippen molar-refractivity contribution in [3.05, 3.63) is 11.9 Å². The van der Waals surface area contributed by atoms with E-state index in [4.69, 9.17) is 19.0 Å². The Bertz CT molecular complexity index is 519. The Balaban J connectivity index is 2.26. The van der Waals surface area contributed by atoms with Crippen molar-refractivity contribution in [2.45, 2.75) is 46.3 Å². The molecule has 0 aliphatic carbocycles. The van der Waals surface area contributed by atoms with Crippen LogP contribution in [0.4, 0.5) is 0 Å². The molecule has 0 saturated heterocycles. The van der Waals surface area contributed by atoms with E-state index in [0.29, 0.717) is 31.9 Å². The lowest BCUT2D eigenvalue weighted by Gasteiger charge is -2.16. The van der Waals surface area contributed by atoms with Gasteiger partial charge in [-0.25, -0.2) is 0 Å². The lowest BCUT2D eigenvalue weighted by molar-refractivity contribution is 0.124. The summed E-state index contributed by atoms with van der Waals surface area (Å²) in [6.45, 7) is 5.55. The van der Waals surface area contributed by atoms with Crippen LogP contribution in [0, 0.1) is 11.3 Å². The zero-order chi connectivity index (χ0) is 17.0. The lowest BCUT2D eigenvalue weighted by atomic mass is 10.2. The van der Waals surface area contributed by atoms with Gasteiger partial charge in [-0.05, 0) is 26.7 Å². The molecule has 9 heteroatoms. The molecule has 1 aromatic rings. The molecule has 0 radical (unpaired) electrons. The summed E-state index contributed by atoms with van der Waals surface area (Å²) in [7, 11) is -3.05. The number of nitriles is 1. The summed E-state index contributed by atoms with van der Waals surface area (Å²) >= 11 is 0. The fraction of sp³-hybridized carbons (Fsp3) is 0.786. The van der Waals surface area contributed by atoms with E-state index in [9.17, 15) is 4.57 Å². The molecule has 0 amide bonds. The maximum absolute atomic E-state index is 12.2. The normalized spacial score (nSPS) is 11.5. The van der Waals surface area contributed by atoms with Gasteiger partial charge in [0.05, 0.1) is 44.9 Å². The van der Waals surface area contributed by atoms with Gasteiger partial charge in [-0.1, -0.05) is 5.21 Å². The molecule has 0 atom stereocenters. The van der Waals surface area contributed by atoms with Gasteiger partial charge < -0.3 is 13.8 Å². The van der Waals surface area contributed by atoms with E-state index >= 15 is 0 Å². The van der Waals surface area contributed by atoms with E-state index in [-0.39, 0.29) is 12.8 Å². The average Bonchev–Trinajstić information content (AvgIpc) is 2.97. The molecule has 0 bridgehead atoms. The van der Waals surface area contributed by atoms with Crippen LogP contribution in [0.1, 0.15) is 38.8 Å². The third kappa shape index (κ3) is 8.24. The van der Waals surface area contributed by atoms with Crippen LogP contribution in [-0.2, 0) is 31.5 Å². The van der Waals surface area contributed by atoms with Crippen LogP contribution in [0.3, 0.4) is 0 Å². The van der Waals surface area contributed by atoms with Crippen LogP contribution in [0.5, 0.6) is 0 Å². The van der Waals surface area contributed by atoms with Crippen molar-refractivity contribution >= 4 is 7.60 Å². The Morgan fingerprint density at radius 2 is 2.04 bits per heavy atom. The molecule has 0 aromatic carbocycles. The predicted molar refractivity (Wildman–Crippen MR) is 84.9 cm³/mol. The fourth-order valence-corrected chi connectivity index (χ4v) is 3.38. The molecule has 1 rings (SSSR count). The monoisotopic (exact) mass is 344 g/mol. The van der Waals surface area contributed by atoms with E-state index in [1.807, 2.05) is 6.20 Å². The number of aromatic nitrogens is 3. The fourth-order valence-electron chi connectivity index (χ4n) is 1.90. The van der Waals surface area contributed by atoms with Crippen LogP contribution in [0.2, 0.25) is 0 Å². The minimum atomic E-state index is -3.05. The van der Waals surface area contributed by atoms with Gasteiger partial charge in [-0.15, -0.1) is 5.10 Å². The van der Waals surface area contributed by atoms with Crippen molar-refractivity contribution < 1.29 is 18.3 Å². The smallest absolute Gasteiger partial charge is 0.332 e. The Morgan fingerprint density at radius 3 is 2.70 bits per heavy atom. The summed E-state index contributed by atoms with van der Waals surface area (Å²) < 4.78 is 29.8. The molecular weight excluding hydrogens is 319 g/mol. The third-order valence-electron chi connectivity index (χ3n) is 2.92. The van der Waals surface area contributed by atoms with Gasteiger partial charge >= 0.3 is 7.60 Å². The minimum absolute atomic E-state index is 0.219. The van der Waals surface area contributed by atoms with Gasteiger partial charge in [0.2, 0.25) is 0 Å². The number of nitrogens with zero attached hydrogens (tertiary/aromatic N) is 4. The number of unbranched alkanes of at least 4 members (excludes halogenated alkanes) is 2. The molecule has 0 saturated carbocycles. The number of hydrogen-bond acceptors (Lipinski definition) is 7. The van der Waals surface area contributed by atoms with Gasteiger partial charge in [-0.2, -0.15) is 5.26 Å². The van der Waals surface area contributed by atoms with E-state index in [1.54, 1.807) is 18.5 Å². The number of hydrogen-bond donors (Lipinski definition) is 0. The SMILES string of the molecule is CCOP(=O)(CCOCc1cn(CCCCC#N)nn1)OCC. The second-order valence-corrected chi connectivity index (χ2v) is 7.00. The van der Waals surface area contributed by atoms with Gasteiger partial charge in [-0.3, -0.25) is 9.25 Å². The molecule has 0 unspecified atom stereocenters. The molecule has 8 nitrogen and oxygen atoms in total. The Kier molecular flexibility index (Phi) is 9.72. The maximum atomic E-state index is 12.2. The molecular formula is C14H25N4O4P. The van der Waals surface area contributed by atoms with Crippen molar-refractivity contribution in [1.82, 2.24) is 15.0 Å². The van der Waals surface area contributed by atoms with E-state index in [0.717, 1.165) is 19.4 Å². The highest BCUT2D eigenvalue weighted by atomic mass is 31.2. The zero-order valence-electron chi connectivity index (χ0n) is 13.8. The summed E-state index contributed by atoms with van der Waals surface area (Å²) in [5.74, 6) is 0. The van der Waals surface area contributed by atoms with E-state index in [1.165, 1.54) is 0 Å². The van der Waals surface area contributed by atoms with Crippen LogP contribution >= 0.6 is 7.60 Å². The van der Waals surface area contributed by atoms with Crippen LogP contribution in [0.25, 0.3) is 0 Å². The van der Waals surface area contributed by atoms with E-state index in [2.05, 4.69) is 16.4 Å². The van der Waals surface area contributed by atoms with Gasteiger partial charge in [0.15, 0.2) is 0 Å². The summed E-state index contributed by atoms with van der Waals surface area (Å²) in [5.41, 5.74) is 0.716. The van der Waals surface area contributed by atoms with Crippen LogP contribution < -0.4 is 0 Å². The van der Waals surface area contributed by atoms with Crippen molar-refractivity contribution in [2.24, 2.45) is 0 Å². The molecule has 1 heterocycles. The number of aryl methyl sites for hydroxylation is 1. The second kappa shape index (κ2) is 11.3. The van der Waals surface area contributed by atoms with Crippen molar-refractivity contribution in [1.29, 1.82) is 5.26 Å². The summed E-state index contributed by atoms with van der Waals surface area (Å²) in [4.78, 5) is 0. The highest BCUT2D eigenvalue weighted by Gasteiger charge is 2.22. The molecule has 0 aliphatic rings. The van der Waals surface area contributed by atoms with E-state index < -0.39 is 7.60 Å². The second-order valence-electron chi connectivity index (χ2n) is 4.81. The average molecular weight is 344 g/mol. The molecule has 0 aliphatic heterocycles. The first-order chi connectivity index (χ1) is 11.1. The largest absolute Gasteiger partial charge is 0.374 e. The Labute approximate surface area is 137 Å². The van der Waals surface area contributed by atoms with Gasteiger partial charge in [0, 0.05) is 13.0 Å². The Morgan fingerprint density at radius 1 is 1.30 bits per heavy atom. The summed E-state index contributed by atoms with van der Waals surface area (Å²) in [6, 6.07) is 2.11. The summed E-state index contributed by atoms with van der Waals surface area (Å²) in [5, 5.41) is 16.5. The van der Waals surface area contributed by atoms with Crippen molar-refractivity contribution in [3.8, 4) is 6.07 Å². The van der Waals surface area contributed by atoms with Crippen molar-refractivity contribution in [2.75, 3.05) is 26.0 Å². The highest BCUT2D eigenvalue weighted by Crippen LogP contribution is 2.47. The van der Waals surface area contributed by atoms with Gasteiger partial charge in [0.1, 0.15) is 5.69 Å².